The number of phenolic OH excluding ortho intramolecular Hbond substituents is 6. The predicted molar refractivity (Wildman–Crippen MR) is 511 cm³/mol. The van der Waals surface area contributed by atoms with Crippen molar-refractivity contribution in [2.24, 2.45) is 61.4 Å². The number of pyridine rings is 3. The van der Waals surface area contributed by atoms with Gasteiger partial charge in [-0.05, 0) is 122 Å². The van der Waals surface area contributed by atoms with E-state index in [-0.39, 0.29) is 162 Å². The Bertz CT molecular complexity index is 6970. The molecule has 0 bridgehead atoms. The molecule has 18 rings (SSSR count). The number of azo groups is 6. The molecule has 33 nitrogen and oxygen atoms in total. The summed E-state index contributed by atoms with van der Waals surface area (Å²) in [5.74, 6) is -2.43. The van der Waals surface area contributed by atoms with Crippen molar-refractivity contribution in [1.82, 2.24) is 36.2 Å². The summed E-state index contributed by atoms with van der Waals surface area (Å²) in [5.41, 5.74) is 4.67. The number of amides is 4. The van der Waals surface area contributed by atoms with Crippen molar-refractivity contribution < 1.29 is 119 Å². The molecule has 0 atom stereocenters. The number of aromatic hydroxyl groups is 6. The molecule has 0 aliphatic carbocycles. The van der Waals surface area contributed by atoms with E-state index in [1.165, 1.54) is 61.1 Å². The van der Waals surface area contributed by atoms with Gasteiger partial charge in [-0.2, -0.15) is 69.9 Å². The number of hydrogen-bond acceptors (Lipinski definition) is 27. The summed E-state index contributed by atoms with van der Waals surface area (Å²) in [7, 11) is 0. The van der Waals surface area contributed by atoms with Gasteiger partial charge in [0, 0.05) is 127 Å². The monoisotopic (exact) mass is 1970 g/mol. The van der Waals surface area contributed by atoms with Gasteiger partial charge in [0.1, 0.15) is 34.1 Å². The Morgan fingerprint density at radius 3 is 0.655 bits per heavy atom. The van der Waals surface area contributed by atoms with Gasteiger partial charge in [-0.15, -0.1) is 64.2 Å². The van der Waals surface area contributed by atoms with Crippen LogP contribution < -0.4 is 21.3 Å². The number of nitrogens with zero attached hydrogens (tertiary/aromatic N) is 15. The van der Waals surface area contributed by atoms with Crippen LogP contribution in [0, 0.1) is 18.2 Å². The van der Waals surface area contributed by atoms with Crippen LogP contribution in [0.15, 0.2) is 389 Å². The summed E-state index contributed by atoms with van der Waals surface area (Å²) >= 11 is 0. The van der Waals surface area contributed by atoms with E-state index in [0.717, 1.165) is 32.3 Å². The Labute approximate surface area is 820 Å². The predicted octanol–water partition coefficient (Wildman–Crippen LogP) is 23.7. The van der Waals surface area contributed by atoms with Crippen molar-refractivity contribution in [2.45, 2.75) is 0 Å². The largest absolute Gasteiger partial charge is 0.505 e. The minimum absolute atomic E-state index is 0. The number of carbonyl (C=O) groups is 6. The molecule has 0 saturated heterocycles. The zero-order chi connectivity index (χ0) is 94.8. The van der Waals surface area contributed by atoms with Crippen LogP contribution in [-0.2, 0) is 49.5 Å². The fourth-order valence-electron chi connectivity index (χ4n) is 13.3. The van der Waals surface area contributed by atoms with Crippen LogP contribution in [-0.4, -0.2) is 118 Å². The molecule has 3 heterocycles. The van der Waals surface area contributed by atoms with Crippen LogP contribution in [0.1, 0.15) is 62.1 Å². The Morgan fingerprint density at radius 2 is 0.439 bits per heavy atom. The second-order valence-corrected chi connectivity index (χ2v) is 29.4. The number of aromatic carboxylic acids is 2. The topological polar surface area (TPSA) is 499 Å². The standard InChI is InChI=1S/2C35H26N7O4.C17H11N2O3.C16H11N3O3.3Ni/c2*43-32-27-7-3-1-5-22(27)11-16-29(32)40-39-26-14-9-24(10-15-26)34(45)36-19-20-37-35(46)25-13-18-31(38-21-25)42-41-30-17-12-23-6-2-4-8-28(23)33(30)44;20-16-14-4-2-1-3-11(14)7-10-15(16)19-18-13-8-5-12(6-9-13)17(21)22;20-15-12-4-2-1-3-10(12)5-7-13(15)18-19-14-8-6-11(9-17-14)16(21)22;;;/h2*1-14,16-18,21,43-44H,19-20H2,(H,36,45)(H,37,46);1-8,10,20H,(H,21,22);1-9,20H,(H,21,22);;;/q3*-1;;;;. The number of carbonyl (C=O) groups excluding carboxylic acids is 4. The van der Waals surface area contributed by atoms with Crippen molar-refractivity contribution in [3.63, 3.8) is 0 Å². The molecule has 139 heavy (non-hydrogen) atoms. The summed E-state index contributed by atoms with van der Waals surface area (Å²) in [6.07, 6.45) is 3.95. The third-order valence-corrected chi connectivity index (χ3v) is 20.4. The minimum atomic E-state index is -1.05. The first-order chi connectivity index (χ1) is 66.2. The van der Waals surface area contributed by atoms with E-state index in [9.17, 15) is 59.4 Å². The maximum atomic E-state index is 12.5. The van der Waals surface area contributed by atoms with Gasteiger partial charge in [-0.3, -0.25) is 24.0 Å². The number of carboxylic acids is 2. The normalized spacial score (nSPS) is 11.1. The molecule has 0 aliphatic rings. The summed E-state index contributed by atoms with van der Waals surface area (Å²) in [6.45, 7) is 0.779. The number of rotatable bonds is 24. The molecule has 12 N–H and O–H groups in total. The molecule has 3 aromatic heterocycles. The molecule has 0 fully saturated rings. The van der Waals surface area contributed by atoms with Gasteiger partial charge >= 0.3 is 5.97 Å². The molecule has 18 aromatic rings. The van der Waals surface area contributed by atoms with E-state index in [1.54, 1.807) is 121 Å². The van der Waals surface area contributed by atoms with Gasteiger partial charge in [-0.25, -0.2) is 19.7 Å². The van der Waals surface area contributed by atoms with E-state index in [1.807, 2.05) is 146 Å². The minimum Gasteiger partial charge on any atom is -0.505 e. The van der Waals surface area contributed by atoms with Gasteiger partial charge < -0.3 is 62.1 Å². The molecule has 4 amide bonds. The fourth-order valence-corrected chi connectivity index (χ4v) is 13.3. The summed E-state index contributed by atoms with van der Waals surface area (Å²) in [5, 5.41) is 149. The molecule has 698 valence electrons. The van der Waals surface area contributed by atoms with Crippen molar-refractivity contribution >= 4 is 169 Å². The van der Waals surface area contributed by atoms with Gasteiger partial charge in [0.25, 0.3) is 17.8 Å². The molecule has 15 aromatic carbocycles. The zero-order valence-electron chi connectivity index (χ0n) is 72.2. The van der Waals surface area contributed by atoms with E-state index < -0.39 is 11.9 Å². The Hall–Kier alpha value is -18.0. The second kappa shape index (κ2) is 48.1. The number of phenols is 6. The second-order valence-electron chi connectivity index (χ2n) is 29.4. The summed E-state index contributed by atoms with van der Waals surface area (Å²) in [6, 6.07) is 96.8. The van der Waals surface area contributed by atoms with E-state index in [0.29, 0.717) is 106 Å². The van der Waals surface area contributed by atoms with Gasteiger partial charge in [0.05, 0.1) is 16.7 Å². The van der Waals surface area contributed by atoms with Crippen molar-refractivity contribution in [1.29, 1.82) is 0 Å². The molecule has 36 heteroatoms. The number of fused-ring (bicyclic) bond motifs is 6. The van der Waals surface area contributed by atoms with Crippen LogP contribution in [0.3, 0.4) is 0 Å². The molecule has 0 spiro atoms. The summed E-state index contributed by atoms with van der Waals surface area (Å²) in [4.78, 5) is 83.8. The maximum Gasteiger partial charge on any atom is 0.337 e. The number of benzene rings is 15. The first kappa shape index (κ1) is 100. The van der Waals surface area contributed by atoms with Crippen LogP contribution in [0.4, 0.5) is 68.6 Å². The van der Waals surface area contributed by atoms with E-state index in [2.05, 4.69) is 116 Å². The van der Waals surface area contributed by atoms with Gasteiger partial charge in [-0.1, -0.05) is 199 Å². The van der Waals surface area contributed by atoms with Crippen molar-refractivity contribution in [3.8, 4) is 34.5 Å². The Balaban J connectivity index is 0.000000174. The third-order valence-electron chi connectivity index (χ3n) is 20.4. The number of aromatic nitrogens is 3. The van der Waals surface area contributed by atoms with Crippen LogP contribution in [0.2, 0.25) is 0 Å². The number of nitrogens with one attached hydrogen (secondary N) is 4. The fraction of sp³-hybridized carbons (Fsp3) is 0.0388. The summed E-state index contributed by atoms with van der Waals surface area (Å²) < 4.78 is 0. The third kappa shape index (κ3) is 25.9. The van der Waals surface area contributed by atoms with E-state index in [4.69, 9.17) is 10.2 Å². The van der Waals surface area contributed by atoms with Crippen LogP contribution in [0.5, 0.6) is 34.5 Å². The van der Waals surface area contributed by atoms with E-state index >= 15 is 0 Å². The quantitative estimate of drug-likeness (QED) is 0.0116. The van der Waals surface area contributed by atoms with Crippen molar-refractivity contribution in [2.75, 3.05) is 26.2 Å². The molecule has 0 radical (unpaired) electrons. The maximum absolute atomic E-state index is 12.5. The van der Waals surface area contributed by atoms with Crippen LogP contribution >= 0.6 is 0 Å². The molecule has 0 saturated carbocycles. The zero-order valence-corrected chi connectivity index (χ0v) is 75.2. The first-order valence-electron chi connectivity index (χ1n) is 41.5. The molecular weight excluding hydrogens is 1900 g/mol. The Morgan fingerprint density at radius 1 is 0.230 bits per heavy atom. The smallest absolute Gasteiger partial charge is 0.337 e. The first-order valence-corrected chi connectivity index (χ1v) is 41.5. The van der Waals surface area contributed by atoms with Crippen molar-refractivity contribution in [3.05, 3.63) is 380 Å². The number of carboxylic acid groups (broad SMARTS) is 2. The Kier molecular flexibility index (Phi) is 34.6. The average Bonchev–Trinajstić information content (AvgIpc) is 0.830. The molecular formula is C103H74N19Ni3O14-3. The SMILES string of the molecule is O=C(NCCNC(=O)c1ccc(N=Nc2ccc3ccccc3c2O)nc1)c1c[c-]c(N=Nc2ccc3ccccc3c2O)cc1.O=C(NCCNC(=O)c1ccc(N=Nc2ccc3ccccc3c2O)nc1)c1c[c-]c(N=Nc2ccc3ccccc3c2O)cc1.O=C(O)c1c[c-]c(N=Nc2ccc3ccccc3c2O)cc1.O=C(O)c1ccc(N=Nc2ccc3ccccc3c2O)nc1.[Ni].[Ni].[Ni]. The molecule has 0 unspecified atom stereocenters. The van der Waals surface area contributed by atoms with Gasteiger partial charge in [0.15, 0.2) is 63.8 Å². The van der Waals surface area contributed by atoms with Crippen LogP contribution in [0.25, 0.3) is 64.6 Å². The van der Waals surface area contributed by atoms with Gasteiger partial charge in [0.2, 0.25) is 0 Å². The molecule has 0 aliphatic heterocycles. The number of hydrogen-bond donors (Lipinski definition) is 12. The average molecular weight is 1980 g/mol.